The monoisotopic (exact) mass is 787 g/mol. The molecule has 0 N–H and O–H groups in total. The second-order valence-electron chi connectivity index (χ2n) is 16.4. The first-order chi connectivity index (χ1) is 30.8. The number of rotatable bonds is 5. The van der Waals surface area contributed by atoms with Crippen molar-refractivity contribution in [1.82, 2.24) is 14.5 Å². The Bertz CT molecular complexity index is 3580. The van der Waals surface area contributed by atoms with Crippen LogP contribution in [0.15, 0.2) is 224 Å². The minimum absolute atomic E-state index is 0.495. The van der Waals surface area contributed by atoms with Crippen molar-refractivity contribution < 1.29 is 0 Å². The first-order valence-electron chi connectivity index (χ1n) is 21.3. The first-order valence-corrected chi connectivity index (χ1v) is 21.3. The lowest BCUT2D eigenvalue weighted by atomic mass is 9.65. The summed E-state index contributed by atoms with van der Waals surface area (Å²) < 4.78 is 2.50. The van der Waals surface area contributed by atoms with Gasteiger partial charge in [-0.25, -0.2) is 9.97 Å². The van der Waals surface area contributed by atoms with Gasteiger partial charge in [0.05, 0.1) is 33.5 Å². The van der Waals surface area contributed by atoms with Gasteiger partial charge in [-0.05, 0) is 86.0 Å². The minimum atomic E-state index is -0.495. The molecule has 0 saturated heterocycles. The number of fused-ring (bicyclic) bond motifs is 12. The summed E-state index contributed by atoms with van der Waals surface area (Å²) in [6.07, 6.45) is 0. The van der Waals surface area contributed by atoms with Gasteiger partial charge in [0, 0.05) is 27.5 Å². The third kappa shape index (κ3) is 4.94. The Balaban J connectivity index is 1.02. The van der Waals surface area contributed by atoms with E-state index >= 15 is 0 Å². The van der Waals surface area contributed by atoms with Crippen LogP contribution in [0.1, 0.15) is 22.3 Å². The number of aromatic nitrogens is 3. The molecular weight excluding hydrogens is 751 g/mol. The summed E-state index contributed by atoms with van der Waals surface area (Å²) in [7, 11) is 0. The summed E-state index contributed by atoms with van der Waals surface area (Å²) >= 11 is 0. The van der Waals surface area contributed by atoms with Crippen LogP contribution >= 0.6 is 0 Å². The van der Waals surface area contributed by atoms with Crippen LogP contribution in [0.3, 0.4) is 0 Å². The summed E-state index contributed by atoms with van der Waals surface area (Å²) in [5.74, 6) is 0.696. The lowest BCUT2D eigenvalue weighted by Gasteiger charge is -2.39. The largest absolute Gasteiger partial charge is 0.309 e. The molecule has 13 rings (SSSR count). The van der Waals surface area contributed by atoms with Crippen molar-refractivity contribution in [3.8, 4) is 73.0 Å². The molecule has 1 aliphatic heterocycles. The molecule has 2 aliphatic rings. The molecule has 1 unspecified atom stereocenters. The van der Waals surface area contributed by atoms with Crippen LogP contribution < -0.4 is 0 Å². The average Bonchev–Trinajstić information content (AvgIpc) is 3.85. The fourth-order valence-corrected chi connectivity index (χ4v) is 10.6. The predicted octanol–water partition coefficient (Wildman–Crippen LogP) is 14.6. The van der Waals surface area contributed by atoms with E-state index in [4.69, 9.17) is 9.97 Å². The van der Waals surface area contributed by atoms with E-state index in [2.05, 4.69) is 223 Å². The Hall–Kier alpha value is -8.14. The lowest BCUT2D eigenvalue weighted by Crippen LogP contribution is -2.33. The van der Waals surface area contributed by atoms with Crippen molar-refractivity contribution in [2.24, 2.45) is 0 Å². The van der Waals surface area contributed by atoms with Crippen LogP contribution in [0.2, 0.25) is 0 Å². The van der Waals surface area contributed by atoms with Crippen molar-refractivity contribution in [3.63, 3.8) is 0 Å². The minimum Gasteiger partial charge on any atom is -0.309 e. The molecule has 62 heavy (non-hydrogen) atoms. The van der Waals surface area contributed by atoms with Gasteiger partial charge in [0.25, 0.3) is 0 Å². The van der Waals surface area contributed by atoms with Gasteiger partial charge >= 0.3 is 0 Å². The molecule has 1 spiro atoms. The van der Waals surface area contributed by atoms with E-state index < -0.39 is 5.41 Å². The third-order valence-electron chi connectivity index (χ3n) is 13.2. The molecule has 0 amide bonds. The molecule has 288 valence electrons. The Morgan fingerprint density at radius 3 is 1.77 bits per heavy atom. The lowest BCUT2D eigenvalue weighted by molar-refractivity contribution is 0.748. The number of hydrogen-bond donors (Lipinski definition) is 0. The maximum Gasteiger partial charge on any atom is 0.160 e. The maximum absolute atomic E-state index is 5.37. The molecular formula is C59H37N3. The van der Waals surface area contributed by atoms with E-state index in [1.165, 1.54) is 60.9 Å². The SMILES string of the molecule is c1ccc(-c2cccc(-c3nc(-c4ccccc4)cc(-c4ccccc4-c4ccc5c(c4)-c4ccccc4C54c5ccccc5-n5c6ccccc6c6cccc4c65)n3)c2)cc1. The van der Waals surface area contributed by atoms with E-state index in [0.717, 1.165) is 50.3 Å². The highest BCUT2D eigenvalue weighted by molar-refractivity contribution is 6.13. The molecule has 1 atom stereocenters. The normalized spacial score (nSPS) is 14.5. The Morgan fingerprint density at radius 2 is 0.919 bits per heavy atom. The van der Waals surface area contributed by atoms with Gasteiger partial charge in [0.1, 0.15) is 0 Å². The van der Waals surface area contributed by atoms with Crippen LogP contribution in [0, 0.1) is 0 Å². The topological polar surface area (TPSA) is 30.7 Å². The van der Waals surface area contributed by atoms with Crippen molar-refractivity contribution in [2.45, 2.75) is 5.41 Å². The van der Waals surface area contributed by atoms with E-state index in [-0.39, 0.29) is 0 Å². The van der Waals surface area contributed by atoms with Gasteiger partial charge in [0.2, 0.25) is 0 Å². The number of para-hydroxylation sites is 3. The Morgan fingerprint density at radius 1 is 0.323 bits per heavy atom. The van der Waals surface area contributed by atoms with Crippen LogP contribution in [-0.4, -0.2) is 14.5 Å². The van der Waals surface area contributed by atoms with Crippen LogP contribution in [0.25, 0.3) is 94.8 Å². The highest BCUT2D eigenvalue weighted by Gasteiger charge is 2.50. The average molecular weight is 788 g/mol. The molecule has 1 aliphatic carbocycles. The molecule has 3 heterocycles. The fourth-order valence-electron chi connectivity index (χ4n) is 10.6. The van der Waals surface area contributed by atoms with Crippen molar-refractivity contribution in [2.75, 3.05) is 0 Å². The summed E-state index contributed by atoms with van der Waals surface area (Å²) in [6, 6.07) is 81.4. The van der Waals surface area contributed by atoms with Gasteiger partial charge in [-0.3, -0.25) is 0 Å². The van der Waals surface area contributed by atoms with E-state index in [1.54, 1.807) is 0 Å². The molecule has 11 aromatic rings. The third-order valence-corrected chi connectivity index (χ3v) is 13.2. The number of benzene rings is 9. The summed E-state index contributed by atoms with van der Waals surface area (Å²) in [6.45, 7) is 0. The molecule has 0 saturated carbocycles. The van der Waals surface area contributed by atoms with Crippen molar-refractivity contribution in [3.05, 3.63) is 247 Å². The highest BCUT2D eigenvalue weighted by Crippen LogP contribution is 2.61. The smallest absolute Gasteiger partial charge is 0.160 e. The molecule has 0 bridgehead atoms. The zero-order valence-corrected chi connectivity index (χ0v) is 33.7. The number of hydrogen-bond acceptors (Lipinski definition) is 2. The quantitative estimate of drug-likeness (QED) is 0.174. The molecule has 3 nitrogen and oxygen atoms in total. The molecule has 3 heteroatoms. The predicted molar refractivity (Wildman–Crippen MR) is 254 cm³/mol. The summed E-state index contributed by atoms with van der Waals surface area (Å²) in [5, 5.41) is 2.57. The maximum atomic E-state index is 5.37. The van der Waals surface area contributed by atoms with Crippen LogP contribution in [-0.2, 0) is 5.41 Å². The second-order valence-corrected chi connectivity index (χ2v) is 16.4. The van der Waals surface area contributed by atoms with Crippen molar-refractivity contribution in [1.29, 1.82) is 0 Å². The van der Waals surface area contributed by atoms with Crippen LogP contribution in [0.5, 0.6) is 0 Å². The fraction of sp³-hybridized carbons (Fsp3) is 0.0169. The summed E-state index contributed by atoms with van der Waals surface area (Å²) in [4.78, 5) is 10.6. The van der Waals surface area contributed by atoms with Gasteiger partial charge < -0.3 is 4.57 Å². The van der Waals surface area contributed by atoms with Gasteiger partial charge in [-0.15, -0.1) is 0 Å². The van der Waals surface area contributed by atoms with Gasteiger partial charge in [0.15, 0.2) is 5.82 Å². The van der Waals surface area contributed by atoms with E-state index in [0.29, 0.717) is 5.82 Å². The molecule has 0 fully saturated rings. The van der Waals surface area contributed by atoms with Gasteiger partial charge in [-0.1, -0.05) is 194 Å². The zero-order chi connectivity index (χ0) is 40.8. The molecule has 9 aromatic carbocycles. The Labute approximate surface area is 359 Å². The van der Waals surface area contributed by atoms with Gasteiger partial charge in [-0.2, -0.15) is 0 Å². The Kier molecular flexibility index (Phi) is 7.52. The second kappa shape index (κ2) is 13.4. The van der Waals surface area contributed by atoms with E-state index in [1.807, 2.05) is 6.07 Å². The number of nitrogens with zero attached hydrogens (tertiary/aromatic N) is 3. The van der Waals surface area contributed by atoms with Crippen LogP contribution in [0.4, 0.5) is 0 Å². The summed E-state index contributed by atoms with van der Waals surface area (Å²) in [5.41, 5.74) is 20.5. The first kappa shape index (κ1) is 34.7. The molecule has 0 radical (unpaired) electrons. The zero-order valence-electron chi connectivity index (χ0n) is 33.7. The van der Waals surface area contributed by atoms with Crippen molar-refractivity contribution >= 4 is 21.8 Å². The van der Waals surface area contributed by atoms with E-state index in [9.17, 15) is 0 Å². The molecule has 2 aromatic heterocycles. The standard InChI is InChI=1S/C59H37N3/c1-3-17-38(18-4-1)40-21-15-22-42(35-40)58-60-53(39-19-5-2-6-20-39)37-54(61-58)45-25-8-7-23-43(45)41-33-34-50-48(36-41)44-24-9-11-28-49(44)59(50)51-29-12-14-32-56(51)62-55-31-13-10-26-46(55)47-27-16-30-52(59)57(47)62/h1-37H. The highest BCUT2D eigenvalue weighted by atomic mass is 15.0.